The van der Waals surface area contributed by atoms with Crippen molar-refractivity contribution >= 4 is 0 Å². The fourth-order valence-electron chi connectivity index (χ4n) is 3.78. The van der Waals surface area contributed by atoms with E-state index in [4.69, 9.17) is 0 Å². The molecule has 3 heterocycles. The van der Waals surface area contributed by atoms with Crippen LogP contribution in [0.2, 0.25) is 0 Å². The molecule has 3 aromatic heterocycles. The van der Waals surface area contributed by atoms with Gasteiger partial charge in [0.1, 0.15) is 5.69 Å². The largest absolute Gasteiger partial charge is 0.433 e. The summed E-state index contributed by atoms with van der Waals surface area (Å²) in [5.74, 6) is 0. The van der Waals surface area contributed by atoms with Gasteiger partial charge in [-0.2, -0.15) is 44.6 Å². The lowest BCUT2D eigenvalue weighted by molar-refractivity contribution is -0.141. The number of benzene rings is 1. The van der Waals surface area contributed by atoms with Crippen molar-refractivity contribution in [2.24, 2.45) is 0 Å². The van der Waals surface area contributed by atoms with Gasteiger partial charge in [-0.25, -0.2) is 9.67 Å². The third-order valence-corrected chi connectivity index (χ3v) is 5.74. The van der Waals surface area contributed by atoms with Crippen LogP contribution in [0.4, 0.5) is 39.5 Å². The van der Waals surface area contributed by atoms with Crippen molar-refractivity contribution in [1.29, 1.82) is 0 Å². The highest BCUT2D eigenvalue weighted by Gasteiger charge is 2.42. The van der Waals surface area contributed by atoms with E-state index < -0.39 is 46.5 Å². The maximum Gasteiger partial charge on any atom is 0.433 e. The predicted molar refractivity (Wildman–Crippen MR) is 118 cm³/mol. The summed E-state index contributed by atoms with van der Waals surface area (Å²) in [6.07, 6.45) is -13.8. The molecule has 38 heavy (non-hydrogen) atoms. The van der Waals surface area contributed by atoms with Gasteiger partial charge in [0.15, 0.2) is 0 Å². The zero-order valence-electron chi connectivity index (χ0n) is 19.5. The molecule has 0 aliphatic rings. The summed E-state index contributed by atoms with van der Waals surface area (Å²) in [4.78, 5) is 7.83. The first kappa shape index (κ1) is 27.1. The molecule has 0 saturated heterocycles. The van der Waals surface area contributed by atoms with Crippen LogP contribution < -0.4 is 0 Å². The Bertz CT molecular complexity index is 1460. The van der Waals surface area contributed by atoms with Gasteiger partial charge in [-0.3, -0.25) is 4.98 Å². The summed E-state index contributed by atoms with van der Waals surface area (Å²) in [5.41, 5.74) is -5.95. The molecule has 0 spiro atoms. The van der Waals surface area contributed by atoms with Crippen LogP contribution in [-0.4, -0.2) is 19.7 Å². The maximum atomic E-state index is 14.0. The number of halogens is 9. The molecule has 0 fully saturated rings. The molecule has 0 N–H and O–H groups in total. The molecule has 0 atom stereocenters. The SMILES string of the molecule is CC(C)(c1cccc(-c2cccc(C(F)(F)F)n2)n1)c1nn(-c2cccc(C(F)(F)F)c2)cc1C(F)(F)F. The molecule has 0 aliphatic carbocycles. The van der Waals surface area contributed by atoms with Gasteiger partial charge >= 0.3 is 18.5 Å². The fraction of sp³-hybridized carbons (Fsp3) is 0.240. The van der Waals surface area contributed by atoms with E-state index in [-0.39, 0.29) is 22.8 Å². The van der Waals surface area contributed by atoms with Crippen molar-refractivity contribution in [3.05, 3.63) is 95.1 Å². The average Bonchev–Trinajstić information content (AvgIpc) is 3.31. The molecule has 0 saturated carbocycles. The first-order chi connectivity index (χ1) is 17.5. The van der Waals surface area contributed by atoms with Gasteiger partial charge in [0.2, 0.25) is 0 Å². The highest BCUT2D eigenvalue weighted by atomic mass is 19.4. The van der Waals surface area contributed by atoms with E-state index in [1.807, 2.05) is 0 Å². The van der Waals surface area contributed by atoms with E-state index in [9.17, 15) is 39.5 Å². The van der Waals surface area contributed by atoms with Gasteiger partial charge in [-0.05, 0) is 56.3 Å². The van der Waals surface area contributed by atoms with Crippen LogP contribution in [0.15, 0.2) is 66.9 Å². The Balaban J connectivity index is 1.82. The van der Waals surface area contributed by atoms with E-state index in [0.717, 1.165) is 24.3 Å². The van der Waals surface area contributed by atoms with Crippen LogP contribution in [0.3, 0.4) is 0 Å². The lowest BCUT2D eigenvalue weighted by Gasteiger charge is -2.24. The van der Waals surface area contributed by atoms with Gasteiger partial charge in [0, 0.05) is 6.20 Å². The average molecular weight is 544 g/mol. The number of aromatic nitrogens is 4. The Labute approximate surface area is 209 Å². The summed E-state index contributed by atoms with van der Waals surface area (Å²) < 4.78 is 122. The molecule has 4 nitrogen and oxygen atoms in total. The van der Waals surface area contributed by atoms with Crippen molar-refractivity contribution in [1.82, 2.24) is 19.7 Å². The molecule has 0 amide bonds. The third kappa shape index (κ3) is 5.36. The van der Waals surface area contributed by atoms with Crippen molar-refractivity contribution in [3.8, 4) is 17.1 Å². The zero-order chi connectivity index (χ0) is 28.1. The molecule has 4 rings (SSSR count). The molecule has 200 valence electrons. The van der Waals surface area contributed by atoms with Crippen LogP contribution in [0.25, 0.3) is 17.1 Å². The number of hydrogen-bond donors (Lipinski definition) is 0. The van der Waals surface area contributed by atoms with Crippen molar-refractivity contribution < 1.29 is 39.5 Å². The molecule has 13 heteroatoms. The van der Waals surface area contributed by atoms with Crippen LogP contribution in [-0.2, 0) is 23.9 Å². The van der Waals surface area contributed by atoms with Gasteiger partial charge in [-0.15, -0.1) is 0 Å². The second kappa shape index (κ2) is 9.14. The number of hydrogen-bond acceptors (Lipinski definition) is 3. The van der Waals surface area contributed by atoms with Crippen molar-refractivity contribution in [2.45, 2.75) is 37.8 Å². The summed E-state index contributed by atoms with van der Waals surface area (Å²) in [6.45, 7) is 2.74. The van der Waals surface area contributed by atoms with Gasteiger partial charge < -0.3 is 0 Å². The Kier molecular flexibility index (Phi) is 6.53. The minimum absolute atomic E-state index is 0.0208. The first-order valence-corrected chi connectivity index (χ1v) is 10.8. The Morgan fingerprint density at radius 2 is 1.18 bits per heavy atom. The predicted octanol–water partition coefficient (Wildman–Crippen LogP) is 7.71. The number of pyridine rings is 2. The number of rotatable bonds is 4. The van der Waals surface area contributed by atoms with E-state index >= 15 is 0 Å². The summed E-state index contributed by atoms with van der Waals surface area (Å²) in [6, 6.07) is 11.0. The molecule has 0 unspecified atom stereocenters. The van der Waals surface area contributed by atoms with Crippen LogP contribution >= 0.6 is 0 Å². The second-order valence-corrected chi connectivity index (χ2v) is 8.82. The topological polar surface area (TPSA) is 43.6 Å². The summed E-state index contributed by atoms with van der Waals surface area (Å²) >= 11 is 0. The van der Waals surface area contributed by atoms with Gasteiger partial charge in [0.25, 0.3) is 0 Å². The lowest BCUT2D eigenvalue weighted by Crippen LogP contribution is -2.25. The minimum Gasteiger partial charge on any atom is -0.250 e. The van der Waals surface area contributed by atoms with E-state index in [1.54, 1.807) is 0 Å². The molecule has 0 aliphatic heterocycles. The lowest BCUT2D eigenvalue weighted by atomic mass is 9.83. The smallest absolute Gasteiger partial charge is 0.250 e. The fourth-order valence-corrected chi connectivity index (χ4v) is 3.78. The van der Waals surface area contributed by atoms with Crippen molar-refractivity contribution in [2.75, 3.05) is 0 Å². The standard InChI is InChI=1S/C25H17F9N4/c1-22(2,19-10-4-8-17(35-19)18-9-5-11-20(36-18)25(32,33)34)21-16(24(29,30)31)13-38(37-21)15-7-3-6-14(12-15)23(26,27)28/h3-13H,1-2H3. The normalized spacial score (nSPS) is 13.1. The maximum absolute atomic E-state index is 14.0. The summed E-state index contributed by atoms with van der Waals surface area (Å²) in [5, 5.41) is 3.99. The van der Waals surface area contributed by atoms with E-state index in [2.05, 4.69) is 15.1 Å². The summed E-state index contributed by atoms with van der Waals surface area (Å²) in [7, 11) is 0. The molecular weight excluding hydrogens is 527 g/mol. The number of nitrogens with zero attached hydrogens (tertiary/aromatic N) is 4. The van der Waals surface area contributed by atoms with Gasteiger partial charge in [0.05, 0.1) is 45.0 Å². The third-order valence-electron chi connectivity index (χ3n) is 5.74. The zero-order valence-corrected chi connectivity index (χ0v) is 19.5. The molecular formula is C25H17F9N4. The quantitative estimate of drug-likeness (QED) is 0.247. The second-order valence-electron chi connectivity index (χ2n) is 8.82. The highest BCUT2D eigenvalue weighted by molar-refractivity contribution is 5.55. The van der Waals surface area contributed by atoms with E-state index in [0.29, 0.717) is 16.9 Å². The molecule has 4 aromatic rings. The van der Waals surface area contributed by atoms with Crippen LogP contribution in [0.1, 0.15) is 42.1 Å². The molecule has 0 bridgehead atoms. The highest BCUT2D eigenvalue weighted by Crippen LogP contribution is 2.41. The Morgan fingerprint density at radius 1 is 0.632 bits per heavy atom. The molecule has 1 aromatic carbocycles. The Morgan fingerprint density at radius 3 is 1.74 bits per heavy atom. The van der Waals surface area contributed by atoms with E-state index in [1.165, 1.54) is 44.2 Å². The first-order valence-electron chi connectivity index (χ1n) is 10.8. The number of alkyl halides is 9. The van der Waals surface area contributed by atoms with Gasteiger partial charge in [-0.1, -0.05) is 18.2 Å². The van der Waals surface area contributed by atoms with Crippen LogP contribution in [0, 0.1) is 0 Å². The minimum atomic E-state index is -4.92. The molecule has 0 radical (unpaired) electrons. The van der Waals surface area contributed by atoms with Crippen LogP contribution in [0.5, 0.6) is 0 Å². The Hall–Kier alpha value is -3.90. The van der Waals surface area contributed by atoms with Crippen molar-refractivity contribution in [3.63, 3.8) is 0 Å². The monoisotopic (exact) mass is 544 g/mol.